The Hall–Kier alpha value is -2.36. The van der Waals surface area contributed by atoms with Crippen molar-refractivity contribution in [2.45, 2.75) is 127 Å². The van der Waals surface area contributed by atoms with Gasteiger partial charge in [0.2, 0.25) is 0 Å². The second-order valence-corrected chi connectivity index (χ2v) is 15.8. The van der Waals surface area contributed by atoms with Crippen molar-refractivity contribution in [2.75, 3.05) is 20.2 Å². The van der Waals surface area contributed by atoms with Crippen molar-refractivity contribution in [3.8, 4) is 11.5 Å². The zero-order valence-corrected chi connectivity index (χ0v) is 27.0. The summed E-state index contributed by atoms with van der Waals surface area (Å²) in [6, 6.07) is 4.46. The first-order valence-electron chi connectivity index (χ1n) is 16.6. The Morgan fingerprint density at radius 3 is 2.27 bits per heavy atom. The first kappa shape index (κ1) is 31.6. The maximum absolute atomic E-state index is 12.2. The molecule has 1 aromatic carbocycles. The molecule has 1 aromatic rings. The molecule has 0 amide bonds. The highest BCUT2D eigenvalue weighted by atomic mass is 16.6. The Labute approximate surface area is 260 Å². The van der Waals surface area contributed by atoms with E-state index in [0.29, 0.717) is 24.6 Å². The van der Waals surface area contributed by atoms with Crippen LogP contribution in [0.15, 0.2) is 12.1 Å². The molecule has 0 radical (unpaired) electrons. The van der Waals surface area contributed by atoms with Crippen LogP contribution in [0.5, 0.6) is 11.5 Å². The Kier molecular flexibility index (Phi) is 7.61. The number of unbranched alkanes of at least 4 members (excludes halogenated alkanes) is 1. The van der Waals surface area contributed by atoms with Gasteiger partial charge < -0.3 is 29.9 Å². The summed E-state index contributed by atoms with van der Waals surface area (Å²) in [6.45, 7) is 10.8. The average molecular weight is 614 g/mol. The molecule has 0 aromatic heterocycles. The maximum atomic E-state index is 12.2. The lowest BCUT2D eigenvalue weighted by molar-refractivity contribution is -0.312. The molecule has 0 unspecified atom stereocenters. The molecule has 2 spiro atoms. The van der Waals surface area contributed by atoms with Gasteiger partial charge in [-0.05, 0) is 94.2 Å². The molecule has 8 rings (SSSR count). The molecule has 1 saturated heterocycles. The minimum atomic E-state index is -0.909. The predicted octanol–water partition coefficient (Wildman–Crippen LogP) is 5.13. The van der Waals surface area contributed by atoms with Crippen LogP contribution < -0.4 is 4.74 Å². The third kappa shape index (κ3) is 4.43. The number of aliphatic carboxylic acids is 2. The monoisotopic (exact) mass is 613 g/mol. The molecule has 7 aliphatic rings. The van der Waals surface area contributed by atoms with E-state index in [2.05, 4.69) is 31.7 Å². The van der Waals surface area contributed by atoms with Crippen LogP contribution >= 0.6 is 0 Å². The number of aromatic hydroxyl groups is 1. The van der Waals surface area contributed by atoms with E-state index in [1.54, 1.807) is 0 Å². The van der Waals surface area contributed by atoms with Gasteiger partial charge in [-0.15, -0.1) is 0 Å². The van der Waals surface area contributed by atoms with Crippen molar-refractivity contribution in [1.29, 1.82) is 0 Å². The van der Waals surface area contributed by atoms with Gasteiger partial charge in [0, 0.05) is 54.8 Å². The number of carboxylic acid groups (broad SMARTS) is 2. The number of likely N-dealkylation sites (tertiary alicyclic amines) is 1. The summed E-state index contributed by atoms with van der Waals surface area (Å²) in [5, 5.41) is 39.4. The fourth-order valence-corrected chi connectivity index (χ4v) is 10.1. The molecule has 5 aliphatic carbocycles. The summed E-state index contributed by atoms with van der Waals surface area (Å²) in [6.07, 6.45) is 8.65. The van der Waals surface area contributed by atoms with Crippen molar-refractivity contribution in [1.82, 2.24) is 4.90 Å². The number of aliphatic hydroxyl groups is 1. The summed E-state index contributed by atoms with van der Waals surface area (Å²) in [5.74, 6) is 0.0623. The van der Waals surface area contributed by atoms with E-state index in [1.807, 2.05) is 20.1 Å². The average Bonchev–Trinajstić information content (AvgIpc) is 3.70. The SMILES string of the molecule is CO[C@@]12CC[C@@]3(C[C@@H]1[C@](C)(O)C(C)(C)C)[C@H]1Cc4ccc(O)c5c4[C@@]3(CCN1CC1CC1)[C@H]2O5.O=C(O)CCCCC(=O)O. The molecule has 9 heteroatoms. The van der Waals surface area contributed by atoms with Crippen LogP contribution in [-0.4, -0.2) is 80.8 Å². The number of piperidine rings is 1. The van der Waals surface area contributed by atoms with E-state index in [-0.39, 0.29) is 46.9 Å². The lowest BCUT2D eigenvalue weighted by Gasteiger charge is -2.75. The van der Waals surface area contributed by atoms with Crippen LogP contribution in [0.3, 0.4) is 0 Å². The molecule has 2 heterocycles. The number of ether oxygens (including phenoxy) is 2. The van der Waals surface area contributed by atoms with Gasteiger partial charge in [0.15, 0.2) is 11.5 Å². The molecule has 4 N–H and O–H groups in total. The number of hydrogen-bond acceptors (Lipinski definition) is 7. The summed E-state index contributed by atoms with van der Waals surface area (Å²) < 4.78 is 13.5. The van der Waals surface area contributed by atoms with E-state index < -0.39 is 23.1 Å². The molecule has 2 aliphatic heterocycles. The third-order valence-corrected chi connectivity index (χ3v) is 12.9. The number of carboxylic acids is 2. The van der Waals surface area contributed by atoms with Gasteiger partial charge in [-0.1, -0.05) is 26.8 Å². The Balaban J connectivity index is 0.000000299. The Bertz CT molecular complexity index is 1300. The second-order valence-electron chi connectivity index (χ2n) is 15.8. The molecule has 4 bridgehead atoms. The number of phenolic OH excluding ortho intramolecular Hbond substituents is 1. The largest absolute Gasteiger partial charge is 0.504 e. The normalized spacial score (nSPS) is 36.0. The molecular weight excluding hydrogens is 562 g/mol. The Morgan fingerprint density at radius 1 is 1.05 bits per heavy atom. The van der Waals surface area contributed by atoms with Crippen LogP contribution in [0.4, 0.5) is 0 Å². The van der Waals surface area contributed by atoms with Crippen molar-refractivity contribution < 1.29 is 39.5 Å². The zero-order chi connectivity index (χ0) is 31.9. The standard InChI is InChI=1S/C29H41NO4.C6H10O4/c1-25(2,3)26(4,32)20-15-27-10-11-29(20,33-5)24-28(27)12-13-30(16-17-6-7-17)21(27)14-18-8-9-19(31)23(34-24)22(18)28;7-5(8)3-1-2-4-6(9)10/h8-9,17,20-21,24,31-32H,6-7,10-16H2,1-5H3;1-4H2,(H,7,8)(H,9,10)/t20-,21-,24-,26+,27-,28+,29+;/m1./s1. The van der Waals surface area contributed by atoms with Gasteiger partial charge in [0.25, 0.3) is 0 Å². The first-order chi connectivity index (χ1) is 20.6. The number of methoxy groups -OCH3 is 1. The highest BCUT2D eigenvalue weighted by molar-refractivity contribution is 5.68. The van der Waals surface area contributed by atoms with Crippen molar-refractivity contribution in [3.63, 3.8) is 0 Å². The summed E-state index contributed by atoms with van der Waals surface area (Å²) in [4.78, 5) is 22.6. The minimum Gasteiger partial charge on any atom is -0.504 e. The molecular formula is C35H51NO8. The summed E-state index contributed by atoms with van der Waals surface area (Å²) >= 11 is 0. The highest BCUT2D eigenvalue weighted by Gasteiger charge is 2.82. The van der Waals surface area contributed by atoms with Crippen LogP contribution in [0.2, 0.25) is 0 Å². The van der Waals surface area contributed by atoms with Crippen molar-refractivity contribution in [2.24, 2.45) is 22.7 Å². The molecule has 244 valence electrons. The number of rotatable bonds is 9. The topological polar surface area (TPSA) is 137 Å². The Morgan fingerprint density at radius 2 is 1.70 bits per heavy atom. The molecule has 4 saturated carbocycles. The van der Waals surface area contributed by atoms with Gasteiger partial charge in [-0.25, -0.2) is 0 Å². The lowest BCUT2D eigenvalue weighted by atomic mass is 9.33. The first-order valence-corrected chi connectivity index (χ1v) is 16.6. The minimum absolute atomic E-state index is 0.0294. The van der Waals surface area contributed by atoms with E-state index in [9.17, 15) is 19.8 Å². The van der Waals surface area contributed by atoms with Crippen molar-refractivity contribution >= 4 is 11.9 Å². The quantitative estimate of drug-likeness (QED) is 0.280. The fraction of sp³-hybridized carbons (Fsp3) is 0.771. The van der Waals surface area contributed by atoms with E-state index >= 15 is 0 Å². The summed E-state index contributed by atoms with van der Waals surface area (Å²) in [7, 11) is 1.83. The molecule has 9 nitrogen and oxygen atoms in total. The second kappa shape index (κ2) is 10.6. The number of carbonyl (C=O) groups is 2. The lowest BCUT2D eigenvalue weighted by Crippen LogP contribution is -2.83. The van der Waals surface area contributed by atoms with Gasteiger partial charge in [0.1, 0.15) is 11.7 Å². The van der Waals surface area contributed by atoms with Gasteiger partial charge >= 0.3 is 11.9 Å². The van der Waals surface area contributed by atoms with Crippen LogP contribution in [0.25, 0.3) is 0 Å². The van der Waals surface area contributed by atoms with E-state index in [1.165, 1.54) is 30.5 Å². The van der Waals surface area contributed by atoms with Gasteiger partial charge in [-0.3, -0.25) is 14.5 Å². The predicted molar refractivity (Wildman–Crippen MR) is 164 cm³/mol. The number of fused-ring (bicyclic) bond motifs is 2. The third-order valence-electron chi connectivity index (χ3n) is 12.9. The highest BCUT2D eigenvalue weighted by Crippen LogP contribution is 2.78. The molecule has 44 heavy (non-hydrogen) atoms. The van der Waals surface area contributed by atoms with E-state index in [0.717, 1.165) is 44.6 Å². The van der Waals surface area contributed by atoms with Crippen LogP contribution in [0, 0.1) is 22.7 Å². The number of phenols is 1. The van der Waals surface area contributed by atoms with Crippen LogP contribution in [0.1, 0.15) is 103 Å². The van der Waals surface area contributed by atoms with Crippen molar-refractivity contribution in [3.05, 3.63) is 23.3 Å². The fourth-order valence-electron chi connectivity index (χ4n) is 10.1. The van der Waals surface area contributed by atoms with Gasteiger partial charge in [-0.2, -0.15) is 0 Å². The van der Waals surface area contributed by atoms with E-state index in [4.69, 9.17) is 19.7 Å². The summed E-state index contributed by atoms with van der Waals surface area (Å²) in [5.41, 5.74) is 0.783. The molecule has 7 atom stereocenters. The number of nitrogens with zero attached hydrogens (tertiary/aromatic N) is 1. The molecule has 5 fully saturated rings. The van der Waals surface area contributed by atoms with Crippen LogP contribution in [-0.2, 0) is 26.2 Å². The zero-order valence-electron chi connectivity index (χ0n) is 27.0. The van der Waals surface area contributed by atoms with Gasteiger partial charge in [0.05, 0.1) is 5.60 Å². The number of hydrogen-bond donors (Lipinski definition) is 4. The maximum Gasteiger partial charge on any atom is 0.303 e. The number of benzene rings is 1. The smallest absolute Gasteiger partial charge is 0.303 e.